The van der Waals surface area contributed by atoms with Gasteiger partial charge in [0.15, 0.2) is 0 Å². The predicted molar refractivity (Wildman–Crippen MR) is 118 cm³/mol. The summed E-state index contributed by atoms with van der Waals surface area (Å²) < 4.78 is 0. The molecule has 0 bridgehead atoms. The molecule has 3 aromatic rings. The number of para-hydroxylation sites is 2. The molecule has 0 saturated carbocycles. The van der Waals surface area contributed by atoms with Crippen molar-refractivity contribution in [3.05, 3.63) is 59.4 Å². The molecule has 5 heteroatoms. The van der Waals surface area contributed by atoms with E-state index in [1.807, 2.05) is 31.2 Å². The van der Waals surface area contributed by atoms with Crippen LogP contribution in [0.4, 0.5) is 5.69 Å². The first-order valence-electron chi connectivity index (χ1n) is 9.65. The monoisotopic (exact) mass is 393 g/mol. The first kappa shape index (κ1) is 20.3. The quantitative estimate of drug-likeness (QED) is 0.417. The lowest BCUT2D eigenvalue weighted by Gasteiger charge is -2.20. The minimum atomic E-state index is -0.0136. The fourth-order valence-electron chi connectivity index (χ4n) is 3.27. The molecule has 0 aliphatic rings. The molecule has 1 heterocycles. The molecule has 2 aromatic carbocycles. The summed E-state index contributed by atoms with van der Waals surface area (Å²) >= 11 is 1.46. The maximum absolute atomic E-state index is 12.8. The van der Waals surface area contributed by atoms with Crippen LogP contribution < -0.4 is 5.32 Å². The van der Waals surface area contributed by atoms with E-state index in [0.717, 1.165) is 21.6 Å². The molecule has 0 aliphatic carbocycles. The number of thioether (sulfide) groups is 1. The normalized spacial score (nSPS) is 11.4. The molecule has 28 heavy (non-hydrogen) atoms. The number of hydrogen-bond donors (Lipinski definition) is 1. The third-order valence-corrected chi connectivity index (χ3v) is 5.65. The Hall–Kier alpha value is -2.40. The van der Waals surface area contributed by atoms with E-state index in [1.54, 1.807) is 0 Å². The average Bonchev–Trinajstić information content (AvgIpc) is 2.65. The summed E-state index contributed by atoms with van der Waals surface area (Å²) in [5.41, 5.74) is 4.22. The molecule has 1 N–H and O–H groups in total. The lowest BCUT2D eigenvalue weighted by atomic mass is 9.92. The first-order chi connectivity index (χ1) is 13.4. The van der Waals surface area contributed by atoms with Crippen molar-refractivity contribution in [2.24, 2.45) is 0 Å². The standard InChI is InChI=1S/C23H27N3OS/c1-14(2)17-10-8-11-18(15(3)4)22(17)26-21(27)13-28-23-19-9-6-7-12-20(19)24-16(5)25-23/h6-12,14-15H,13H2,1-5H3,(H,26,27). The van der Waals surface area contributed by atoms with Crippen LogP contribution >= 0.6 is 11.8 Å². The Balaban J connectivity index is 1.81. The fourth-order valence-corrected chi connectivity index (χ4v) is 4.14. The molecular formula is C23H27N3OS. The van der Waals surface area contributed by atoms with E-state index in [0.29, 0.717) is 23.4 Å². The van der Waals surface area contributed by atoms with Crippen molar-refractivity contribution < 1.29 is 4.79 Å². The van der Waals surface area contributed by atoms with Crippen LogP contribution in [0, 0.1) is 6.92 Å². The van der Waals surface area contributed by atoms with Gasteiger partial charge in [0, 0.05) is 11.1 Å². The van der Waals surface area contributed by atoms with Crippen LogP contribution in [0.15, 0.2) is 47.5 Å². The molecule has 0 unspecified atom stereocenters. The average molecular weight is 394 g/mol. The summed E-state index contributed by atoms with van der Waals surface area (Å²) in [6, 6.07) is 14.2. The molecule has 0 saturated heterocycles. The van der Waals surface area contributed by atoms with Crippen LogP contribution in [0.1, 0.15) is 56.5 Å². The molecule has 1 aromatic heterocycles. The maximum Gasteiger partial charge on any atom is 0.234 e. The van der Waals surface area contributed by atoms with E-state index < -0.39 is 0 Å². The van der Waals surface area contributed by atoms with Gasteiger partial charge < -0.3 is 5.32 Å². The number of nitrogens with one attached hydrogen (secondary N) is 1. The Morgan fingerprint density at radius 2 is 1.61 bits per heavy atom. The third-order valence-electron chi connectivity index (χ3n) is 4.66. The van der Waals surface area contributed by atoms with Gasteiger partial charge in [-0.2, -0.15) is 0 Å². The molecule has 146 valence electrons. The van der Waals surface area contributed by atoms with Crippen LogP contribution in [-0.2, 0) is 4.79 Å². The van der Waals surface area contributed by atoms with Crippen molar-refractivity contribution in [2.45, 2.75) is 51.5 Å². The Kier molecular flexibility index (Phi) is 6.35. The molecule has 0 spiro atoms. The number of carbonyl (C=O) groups is 1. The van der Waals surface area contributed by atoms with Crippen molar-refractivity contribution in [3.63, 3.8) is 0 Å². The van der Waals surface area contributed by atoms with E-state index in [-0.39, 0.29) is 5.91 Å². The highest BCUT2D eigenvalue weighted by atomic mass is 32.2. The lowest BCUT2D eigenvalue weighted by molar-refractivity contribution is -0.113. The van der Waals surface area contributed by atoms with Gasteiger partial charge in [-0.3, -0.25) is 4.79 Å². The summed E-state index contributed by atoms with van der Waals surface area (Å²) in [6.07, 6.45) is 0. The number of hydrogen-bond acceptors (Lipinski definition) is 4. The van der Waals surface area contributed by atoms with E-state index in [4.69, 9.17) is 0 Å². The lowest BCUT2D eigenvalue weighted by Crippen LogP contribution is -2.17. The molecule has 0 aliphatic heterocycles. The number of carbonyl (C=O) groups excluding carboxylic acids is 1. The second-order valence-corrected chi connectivity index (χ2v) is 8.51. The molecule has 3 rings (SSSR count). The predicted octanol–water partition coefficient (Wildman–Crippen LogP) is 5.92. The molecule has 1 amide bonds. The third kappa shape index (κ3) is 4.53. The Bertz CT molecular complexity index is 972. The number of rotatable bonds is 6. The zero-order valence-electron chi connectivity index (χ0n) is 17.1. The fraction of sp³-hybridized carbons (Fsp3) is 0.348. The molecule has 0 atom stereocenters. The minimum Gasteiger partial charge on any atom is -0.325 e. The zero-order valence-corrected chi connectivity index (χ0v) is 17.9. The zero-order chi connectivity index (χ0) is 20.3. The highest BCUT2D eigenvalue weighted by Crippen LogP contribution is 2.33. The van der Waals surface area contributed by atoms with Gasteiger partial charge in [-0.1, -0.05) is 75.9 Å². The van der Waals surface area contributed by atoms with Crippen LogP contribution in [0.2, 0.25) is 0 Å². The first-order valence-corrected chi connectivity index (χ1v) is 10.6. The van der Waals surface area contributed by atoms with Gasteiger partial charge in [0.05, 0.1) is 11.3 Å². The number of benzene rings is 2. The van der Waals surface area contributed by atoms with Gasteiger partial charge in [-0.15, -0.1) is 0 Å². The second-order valence-electron chi connectivity index (χ2n) is 7.55. The van der Waals surface area contributed by atoms with E-state index in [9.17, 15) is 4.79 Å². The molecule has 0 fully saturated rings. The van der Waals surface area contributed by atoms with Gasteiger partial charge in [0.25, 0.3) is 0 Å². The van der Waals surface area contributed by atoms with Gasteiger partial charge in [0.1, 0.15) is 10.9 Å². The van der Waals surface area contributed by atoms with Crippen molar-refractivity contribution in [1.82, 2.24) is 9.97 Å². The SMILES string of the molecule is Cc1nc(SCC(=O)Nc2c(C(C)C)cccc2C(C)C)c2ccccc2n1. The number of nitrogens with zero attached hydrogens (tertiary/aromatic N) is 2. The Morgan fingerprint density at radius 1 is 0.964 bits per heavy atom. The van der Waals surface area contributed by atoms with Crippen LogP contribution in [0.3, 0.4) is 0 Å². The maximum atomic E-state index is 12.8. The van der Waals surface area contributed by atoms with Gasteiger partial charge in [-0.05, 0) is 36.0 Å². The van der Waals surface area contributed by atoms with Crippen LogP contribution in [0.25, 0.3) is 10.9 Å². The topological polar surface area (TPSA) is 54.9 Å². The van der Waals surface area contributed by atoms with Crippen LogP contribution in [0.5, 0.6) is 0 Å². The molecular weight excluding hydrogens is 366 g/mol. The highest BCUT2D eigenvalue weighted by Gasteiger charge is 2.16. The molecule has 4 nitrogen and oxygen atoms in total. The molecule has 0 radical (unpaired) electrons. The minimum absolute atomic E-state index is 0.0136. The number of aromatic nitrogens is 2. The summed E-state index contributed by atoms with van der Waals surface area (Å²) in [5, 5.41) is 5.00. The Morgan fingerprint density at radius 3 is 2.25 bits per heavy atom. The summed E-state index contributed by atoms with van der Waals surface area (Å²) in [7, 11) is 0. The second kappa shape index (κ2) is 8.74. The van der Waals surface area contributed by atoms with Crippen molar-refractivity contribution in [3.8, 4) is 0 Å². The van der Waals surface area contributed by atoms with E-state index in [2.05, 4.69) is 61.2 Å². The Labute approximate surface area is 171 Å². The largest absolute Gasteiger partial charge is 0.325 e. The number of aryl methyl sites for hydroxylation is 1. The summed E-state index contributed by atoms with van der Waals surface area (Å²) in [4.78, 5) is 21.8. The summed E-state index contributed by atoms with van der Waals surface area (Å²) in [6.45, 7) is 10.5. The van der Waals surface area contributed by atoms with E-state index >= 15 is 0 Å². The summed E-state index contributed by atoms with van der Waals surface area (Å²) in [5.74, 6) is 1.70. The van der Waals surface area contributed by atoms with Crippen molar-refractivity contribution in [1.29, 1.82) is 0 Å². The van der Waals surface area contributed by atoms with Gasteiger partial charge in [-0.25, -0.2) is 9.97 Å². The van der Waals surface area contributed by atoms with Crippen molar-refractivity contribution in [2.75, 3.05) is 11.1 Å². The van der Waals surface area contributed by atoms with E-state index in [1.165, 1.54) is 22.9 Å². The smallest absolute Gasteiger partial charge is 0.234 e. The number of fused-ring (bicyclic) bond motifs is 1. The van der Waals surface area contributed by atoms with Crippen LogP contribution in [-0.4, -0.2) is 21.6 Å². The van der Waals surface area contributed by atoms with Gasteiger partial charge in [0.2, 0.25) is 5.91 Å². The number of anilines is 1. The van der Waals surface area contributed by atoms with Crippen molar-refractivity contribution >= 4 is 34.3 Å². The van der Waals surface area contributed by atoms with Gasteiger partial charge >= 0.3 is 0 Å². The number of amides is 1. The highest BCUT2D eigenvalue weighted by molar-refractivity contribution is 8.00.